The fourth-order valence-electron chi connectivity index (χ4n) is 2.69. The highest BCUT2D eigenvalue weighted by atomic mass is 35.5. The Hall–Kier alpha value is -0.780. The van der Waals surface area contributed by atoms with Crippen LogP contribution in [0.3, 0.4) is 0 Å². The van der Waals surface area contributed by atoms with Crippen LogP contribution in [0.15, 0.2) is 18.2 Å². The number of rotatable bonds is 2. The molecule has 1 aromatic rings. The lowest BCUT2D eigenvalue weighted by molar-refractivity contribution is 0.288. The Labute approximate surface area is 120 Å². The number of halogens is 1. The maximum absolute atomic E-state index is 11.4. The molecule has 4 nitrogen and oxygen atoms in total. The van der Waals surface area contributed by atoms with E-state index in [-0.39, 0.29) is 12.4 Å². The fourth-order valence-corrected chi connectivity index (χ4v) is 3.97. The zero-order valence-electron chi connectivity index (χ0n) is 10.8. The van der Waals surface area contributed by atoms with Crippen LogP contribution in [-0.4, -0.2) is 44.5 Å². The second-order valence-corrected chi connectivity index (χ2v) is 7.36. The molecule has 0 unspecified atom stereocenters. The van der Waals surface area contributed by atoms with Crippen molar-refractivity contribution in [2.45, 2.75) is 13.0 Å². The zero-order chi connectivity index (χ0) is 12.6. The van der Waals surface area contributed by atoms with Crippen LogP contribution in [0.25, 0.3) is 0 Å². The summed E-state index contributed by atoms with van der Waals surface area (Å²) in [5.74, 6) is 0.602. The van der Waals surface area contributed by atoms with E-state index in [1.54, 1.807) is 0 Å². The van der Waals surface area contributed by atoms with Crippen molar-refractivity contribution in [2.75, 3.05) is 36.5 Å². The second-order valence-electron chi connectivity index (χ2n) is 5.06. The average molecular weight is 303 g/mol. The Morgan fingerprint density at radius 1 is 1.21 bits per heavy atom. The number of benzene rings is 1. The van der Waals surface area contributed by atoms with Gasteiger partial charge in [0, 0.05) is 31.9 Å². The molecule has 0 aliphatic carbocycles. The topological polar surface area (TPSA) is 49.4 Å². The molecule has 3 rings (SSSR count). The van der Waals surface area contributed by atoms with Gasteiger partial charge in [0.05, 0.1) is 11.5 Å². The predicted octanol–water partition coefficient (Wildman–Crippen LogP) is 1.31. The van der Waals surface area contributed by atoms with Gasteiger partial charge in [0.15, 0.2) is 9.84 Å². The normalized spacial score (nSPS) is 21.3. The van der Waals surface area contributed by atoms with Crippen LogP contribution < -0.4 is 5.32 Å². The Morgan fingerprint density at radius 2 is 1.95 bits per heavy atom. The Morgan fingerprint density at radius 3 is 2.68 bits per heavy atom. The van der Waals surface area contributed by atoms with Crippen LogP contribution in [0.1, 0.15) is 11.1 Å². The smallest absolute Gasteiger partial charge is 0.152 e. The molecule has 6 heteroatoms. The second kappa shape index (κ2) is 5.69. The molecule has 0 saturated carbocycles. The van der Waals surface area contributed by atoms with Gasteiger partial charge in [-0.05, 0) is 17.5 Å². The van der Waals surface area contributed by atoms with Gasteiger partial charge < -0.3 is 5.32 Å². The maximum Gasteiger partial charge on any atom is 0.152 e. The van der Waals surface area contributed by atoms with E-state index in [9.17, 15) is 8.42 Å². The quantitative estimate of drug-likeness (QED) is 0.895. The molecule has 0 bridgehead atoms. The van der Waals surface area contributed by atoms with E-state index in [4.69, 9.17) is 0 Å². The summed E-state index contributed by atoms with van der Waals surface area (Å²) >= 11 is 0. The first kappa shape index (κ1) is 14.6. The maximum atomic E-state index is 11.4. The lowest BCUT2D eigenvalue weighted by Crippen LogP contribution is -2.39. The van der Waals surface area contributed by atoms with Gasteiger partial charge in [-0.3, -0.25) is 4.90 Å². The number of para-hydroxylation sites is 1. The van der Waals surface area contributed by atoms with E-state index in [0.29, 0.717) is 24.6 Å². The summed E-state index contributed by atoms with van der Waals surface area (Å²) in [5.41, 5.74) is 3.95. The average Bonchev–Trinajstić information content (AvgIpc) is 2.81. The van der Waals surface area contributed by atoms with Gasteiger partial charge in [-0.2, -0.15) is 0 Å². The highest BCUT2D eigenvalue weighted by molar-refractivity contribution is 7.91. The largest absolute Gasteiger partial charge is 0.384 e. The number of anilines is 1. The van der Waals surface area contributed by atoms with E-state index < -0.39 is 9.84 Å². The number of fused-ring (bicyclic) bond motifs is 1. The summed E-state index contributed by atoms with van der Waals surface area (Å²) in [6.07, 6.45) is 1.09. The van der Waals surface area contributed by atoms with Crippen molar-refractivity contribution in [2.24, 2.45) is 0 Å². The molecule has 1 aromatic carbocycles. The molecule has 1 saturated heterocycles. The summed E-state index contributed by atoms with van der Waals surface area (Å²) in [5, 5.41) is 3.43. The number of hydrogen-bond donors (Lipinski definition) is 1. The highest BCUT2D eigenvalue weighted by Gasteiger charge is 2.23. The van der Waals surface area contributed by atoms with Crippen molar-refractivity contribution >= 4 is 27.9 Å². The number of nitrogens with zero attached hydrogens (tertiary/aromatic N) is 1. The third-order valence-electron chi connectivity index (χ3n) is 3.76. The summed E-state index contributed by atoms with van der Waals surface area (Å²) in [4.78, 5) is 2.23. The van der Waals surface area contributed by atoms with E-state index in [1.807, 2.05) is 0 Å². The predicted molar refractivity (Wildman–Crippen MR) is 79.8 cm³/mol. The zero-order valence-corrected chi connectivity index (χ0v) is 12.4. The van der Waals surface area contributed by atoms with Crippen molar-refractivity contribution in [3.05, 3.63) is 29.3 Å². The molecule has 2 aliphatic rings. The molecule has 0 amide bonds. The molecule has 0 atom stereocenters. The molecular formula is C13H19ClN2O2S. The SMILES string of the molecule is Cl.O=S1(=O)CCN(Cc2cccc3c2NCC3)CC1. The van der Waals surface area contributed by atoms with Gasteiger partial charge in [-0.25, -0.2) is 8.42 Å². The van der Waals surface area contributed by atoms with Crippen molar-refractivity contribution in [1.82, 2.24) is 4.90 Å². The minimum atomic E-state index is -2.78. The van der Waals surface area contributed by atoms with Gasteiger partial charge in [0.2, 0.25) is 0 Å². The van der Waals surface area contributed by atoms with Gasteiger partial charge in [-0.15, -0.1) is 12.4 Å². The van der Waals surface area contributed by atoms with E-state index in [1.165, 1.54) is 16.8 Å². The van der Waals surface area contributed by atoms with Gasteiger partial charge >= 0.3 is 0 Å². The first-order valence-corrected chi connectivity index (χ1v) is 8.24. The van der Waals surface area contributed by atoms with Crippen LogP contribution in [0.2, 0.25) is 0 Å². The van der Waals surface area contributed by atoms with Gasteiger partial charge in [0.1, 0.15) is 0 Å². The molecular weight excluding hydrogens is 284 g/mol. The number of nitrogens with one attached hydrogen (secondary N) is 1. The molecule has 1 N–H and O–H groups in total. The number of hydrogen-bond acceptors (Lipinski definition) is 4. The molecule has 0 spiro atoms. The minimum absolute atomic E-state index is 0. The standard InChI is InChI=1S/C13H18N2O2S.ClH/c16-18(17)8-6-15(7-9-18)10-12-3-1-2-11-4-5-14-13(11)12;/h1-3,14H,4-10H2;1H. The highest BCUT2D eigenvalue weighted by Crippen LogP contribution is 2.27. The van der Waals surface area contributed by atoms with Crippen LogP contribution in [0.4, 0.5) is 5.69 Å². The first-order valence-electron chi connectivity index (χ1n) is 6.41. The monoisotopic (exact) mass is 302 g/mol. The molecule has 19 heavy (non-hydrogen) atoms. The fraction of sp³-hybridized carbons (Fsp3) is 0.538. The summed E-state index contributed by atoms with van der Waals surface area (Å²) in [7, 11) is -2.78. The molecule has 2 heterocycles. The molecule has 1 fully saturated rings. The van der Waals surface area contributed by atoms with Crippen molar-refractivity contribution < 1.29 is 8.42 Å². The Bertz CT molecular complexity index is 546. The van der Waals surface area contributed by atoms with Crippen LogP contribution >= 0.6 is 12.4 Å². The van der Waals surface area contributed by atoms with Crippen LogP contribution in [0, 0.1) is 0 Å². The first-order chi connectivity index (χ1) is 8.64. The van der Waals surface area contributed by atoms with Crippen LogP contribution in [-0.2, 0) is 22.8 Å². The van der Waals surface area contributed by atoms with Crippen molar-refractivity contribution in [1.29, 1.82) is 0 Å². The molecule has 106 valence electrons. The number of sulfone groups is 1. The van der Waals surface area contributed by atoms with E-state index in [2.05, 4.69) is 28.4 Å². The van der Waals surface area contributed by atoms with Crippen LogP contribution in [0.5, 0.6) is 0 Å². The minimum Gasteiger partial charge on any atom is -0.384 e. The summed E-state index contributed by atoms with van der Waals surface area (Å²) in [6, 6.07) is 6.40. The third-order valence-corrected chi connectivity index (χ3v) is 5.37. The summed E-state index contributed by atoms with van der Waals surface area (Å²) < 4.78 is 22.8. The molecule has 2 aliphatic heterocycles. The van der Waals surface area contributed by atoms with E-state index >= 15 is 0 Å². The summed E-state index contributed by atoms with van der Waals surface area (Å²) in [6.45, 7) is 3.18. The molecule has 0 radical (unpaired) electrons. The van der Waals surface area contributed by atoms with E-state index in [0.717, 1.165) is 19.5 Å². The third kappa shape index (κ3) is 3.22. The van der Waals surface area contributed by atoms with Crippen molar-refractivity contribution in [3.63, 3.8) is 0 Å². The van der Waals surface area contributed by atoms with Crippen molar-refractivity contribution in [3.8, 4) is 0 Å². The Balaban J connectivity index is 0.00000133. The van der Waals surface area contributed by atoms with Gasteiger partial charge in [0.25, 0.3) is 0 Å². The lowest BCUT2D eigenvalue weighted by atomic mass is 10.1. The lowest BCUT2D eigenvalue weighted by Gasteiger charge is -2.27. The van der Waals surface area contributed by atoms with Gasteiger partial charge in [-0.1, -0.05) is 18.2 Å². The Kier molecular flexibility index (Phi) is 4.38. The molecule has 0 aromatic heterocycles.